The molecule has 0 amide bonds. The van der Waals surface area contributed by atoms with E-state index in [2.05, 4.69) is 93.8 Å². The molecular weight excluding hydrogens is 320 g/mol. The van der Waals surface area contributed by atoms with Crippen molar-refractivity contribution in [1.82, 2.24) is 0 Å². The van der Waals surface area contributed by atoms with Crippen LogP contribution in [0.5, 0.6) is 0 Å². The zero-order chi connectivity index (χ0) is 19.1. The molecule has 0 spiro atoms. The number of hydrogen-bond donors (Lipinski definition) is 2. The van der Waals surface area contributed by atoms with Gasteiger partial charge >= 0.3 is 0 Å². The van der Waals surface area contributed by atoms with Crippen molar-refractivity contribution < 1.29 is 4.74 Å². The van der Waals surface area contributed by atoms with E-state index < -0.39 is 0 Å². The van der Waals surface area contributed by atoms with Gasteiger partial charge in [-0.15, -0.1) is 0 Å². The van der Waals surface area contributed by atoms with Gasteiger partial charge in [-0.3, -0.25) is 0 Å². The van der Waals surface area contributed by atoms with Gasteiger partial charge in [-0.05, 0) is 69.5 Å². The van der Waals surface area contributed by atoms with Gasteiger partial charge in [0.1, 0.15) is 0 Å². The largest absolute Gasteiger partial charge is 0.383 e. The molecule has 0 fully saturated rings. The van der Waals surface area contributed by atoms with Gasteiger partial charge in [0.15, 0.2) is 0 Å². The van der Waals surface area contributed by atoms with E-state index in [-0.39, 0.29) is 12.0 Å². The minimum absolute atomic E-state index is 0.155. The van der Waals surface area contributed by atoms with Gasteiger partial charge in [0, 0.05) is 36.5 Å². The maximum Gasteiger partial charge on any atom is 0.0677 e. The van der Waals surface area contributed by atoms with E-state index in [1.165, 1.54) is 11.1 Å². The molecule has 0 saturated heterocycles. The predicted octanol–water partition coefficient (Wildman–Crippen LogP) is 5.88. The van der Waals surface area contributed by atoms with Crippen molar-refractivity contribution in [2.24, 2.45) is 0 Å². The van der Waals surface area contributed by atoms with Crippen molar-refractivity contribution in [2.75, 3.05) is 17.7 Å². The summed E-state index contributed by atoms with van der Waals surface area (Å²) >= 11 is 0. The Balaban J connectivity index is 2.31. The zero-order valence-corrected chi connectivity index (χ0v) is 17.0. The average molecular weight is 355 g/mol. The van der Waals surface area contributed by atoms with Crippen LogP contribution in [0.1, 0.15) is 58.1 Å². The molecule has 0 aromatic heterocycles. The molecule has 0 heterocycles. The first-order chi connectivity index (χ1) is 12.4. The van der Waals surface area contributed by atoms with Crippen molar-refractivity contribution in [3.63, 3.8) is 0 Å². The lowest BCUT2D eigenvalue weighted by Gasteiger charge is -2.27. The molecule has 0 aliphatic rings. The van der Waals surface area contributed by atoms with Crippen LogP contribution in [0.2, 0.25) is 0 Å². The van der Waals surface area contributed by atoms with Crippen LogP contribution in [0.15, 0.2) is 48.5 Å². The Bertz CT molecular complexity index is 589. The Kier molecular flexibility index (Phi) is 7.52. The second-order valence-corrected chi connectivity index (χ2v) is 7.50. The highest BCUT2D eigenvalue weighted by atomic mass is 16.5. The molecule has 142 valence electrons. The smallest absolute Gasteiger partial charge is 0.0677 e. The average Bonchev–Trinajstić information content (AvgIpc) is 2.60. The van der Waals surface area contributed by atoms with Crippen molar-refractivity contribution in [2.45, 2.75) is 65.1 Å². The maximum absolute atomic E-state index is 5.83. The normalized spacial score (nSPS) is 12.7. The molecule has 0 aliphatic carbocycles. The number of benzene rings is 2. The predicted molar refractivity (Wildman–Crippen MR) is 113 cm³/mol. The summed E-state index contributed by atoms with van der Waals surface area (Å²) in [5.41, 5.74) is 4.89. The molecule has 2 rings (SSSR count). The number of ether oxygens (including phenoxy) is 1. The van der Waals surface area contributed by atoms with Crippen LogP contribution in [0.3, 0.4) is 0 Å². The summed E-state index contributed by atoms with van der Waals surface area (Å²) in [4.78, 5) is 0. The van der Waals surface area contributed by atoms with Crippen LogP contribution in [0, 0.1) is 0 Å². The van der Waals surface area contributed by atoms with E-state index >= 15 is 0 Å². The van der Waals surface area contributed by atoms with E-state index in [1.54, 1.807) is 0 Å². The first-order valence-electron chi connectivity index (χ1n) is 9.70. The number of anilines is 2. The summed E-state index contributed by atoms with van der Waals surface area (Å²) in [7, 11) is 1.81. The molecule has 2 N–H and O–H groups in total. The quantitative estimate of drug-likeness (QED) is 0.589. The minimum atomic E-state index is 0.155. The third kappa shape index (κ3) is 5.50. The molecule has 26 heavy (non-hydrogen) atoms. The Labute approximate surface area is 159 Å². The van der Waals surface area contributed by atoms with E-state index in [4.69, 9.17) is 4.74 Å². The monoisotopic (exact) mass is 354 g/mol. The molecule has 3 nitrogen and oxygen atoms in total. The summed E-state index contributed by atoms with van der Waals surface area (Å²) in [5.74, 6) is 0.228. The Morgan fingerprint density at radius 2 is 1.12 bits per heavy atom. The fourth-order valence-corrected chi connectivity index (χ4v) is 3.40. The van der Waals surface area contributed by atoms with Gasteiger partial charge in [0.05, 0.1) is 6.10 Å². The lowest BCUT2D eigenvalue weighted by atomic mass is 9.85. The highest BCUT2D eigenvalue weighted by Gasteiger charge is 2.23. The van der Waals surface area contributed by atoms with E-state index in [9.17, 15) is 0 Å². The fourth-order valence-electron chi connectivity index (χ4n) is 3.40. The third-order valence-corrected chi connectivity index (χ3v) is 4.53. The molecular formula is C23H34N2O. The van der Waals surface area contributed by atoms with Gasteiger partial charge in [-0.2, -0.15) is 0 Å². The number of nitrogens with one attached hydrogen (secondary N) is 2. The second kappa shape index (κ2) is 9.63. The van der Waals surface area contributed by atoms with Crippen LogP contribution in [-0.2, 0) is 4.74 Å². The molecule has 1 atom stereocenters. The first-order valence-corrected chi connectivity index (χ1v) is 9.70. The van der Waals surface area contributed by atoms with Crippen molar-refractivity contribution in [3.05, 3.63) is 59.7 Å². The molecule has 0 aliphatic heterocycles. The molecule has 0 saturated carbocycles. The van der Waals surface area contributed by atoms with Crippen LogP contribution in [0.25, 0.3) is 0 Å². The van der Waals surface area contributed by atoms with Gasteiger partial charge in [-0.25, -0.2) is 0 Å². The summed E-state index contributed by atoms with van der Waals surface area (Å²) in [6, 6.07) is 18.4. The highest BCUT2D eigenvalue weighted by Crippen LogP contribution is 2.32. The third-order valence-electron chi connectivity index (χ3n) is 4.53. The van der Waals surface area contributed by atoms with Crippen molar-refractivity contribution in [3.8, 4) is 0 Å². The second-order valence-electron chi connectivity index (χ2n) is 7.50. The summed E-state index contributed by atoms with van der Waals surface area (Å²) in [5, 5.41) is 6.91. The lowest BCUT2D eigenvalue weighted by Crippen LogP contribution is -2.21. The first kappa shape index (κ1) is 20.3. The minimum Gasteiger partial charge on any atom is -0.383 e. The molecule has 2 aromatic rings. The number of rotatable bonds is 9. The zero-order valence-electron chi connectivity index (χ0n) is 17.0. The summed E-state index contributed by atoms with van der Waals surface area (Å²) < 4.78 is 5.83. The van der Waals surface area contributed by atoms with Gasteiger partial charge in [0.25, 0.3) is 0 Å². The van der Waals surface area contributed by atoms with Gasteiger partial charge in [0.2, 0.25) is 0 Å². The summed E-state index contributed by atoms with van der Waals surface area (Å²) in [6.07, 6.45) is 1.13. The number of hydrogen-bond acceptors (Lipinski definition) is 3. The number of methoxy groups -OCH3 is 1. The van der Waals surface area contributed by atoms with E-state index in [1.807, 2.05) is 7.11 Å². The lowest BCUT2D eigenvalue weighted by molar-refractivity contribution is 0.0859. The SMILES string of the molecule is CCC(OC)C(c1ccc(NC(C)C)cc1)c1ccc(NC(C)C)cc1. The molecule has 0 radical (unpaired) electrons. The van der Waals surface area contributed by atoms with Gasteiger partial charge < -0.3 is 15.4 Å². The Morgan fingerprint density at radius 1 is 0.731 bits per heavy atom. The molecule has 0 bridgehead atoms. The topological polar surface area (TPSA) is 33.3 Å². The molecule has 3 heteroatoms. The van der Waals surface area contributed by atoms with E-state index in [0.717, 1.165) is 17.8 Å². The van der Waals surface area contributed by atoms with E-state index in [0.29, 0.717) is 12.1 Å². The van der Waals surface area contributed by atoms with Gasteiger partial charge in [-0.1, -0.05) is 31.2 Å². The van der Waals surface area contributed by atoms with Crippen LogP contribution < -0.4 is 10.6 Å². The van der Waals surface area contributed by atoms with Crippen LogP contribution in [-0.4, -0.2) is 25.3 Å². The Morgan fingerprint density at radius 3 is 1.38 bits per heavy atom. The maximum atomic E-state index is 5.83. The van der Waals surface area contributed by atoms with Crippen molar-refractivity contribution in [1.29, 1.82) is 0 Å². The van der Waals surface area contributed by atoms with Crippen LogP contribution >= 0.6 is 0 Å². The molecule has 1 unspecified atom stereocenters. The standard InChI is InChI=1S/C23H34N2O/c1-7-22(26-6)23(18-8-12-20(13-9-18)24-16(2)3)19-10-14-21(15-11-19)25-17(4)5/h8-17,22-25H,7H2,1-6H3. The summed E-state index contributed by atoms with van der Waals surface area (Å²) in [6.45, 7) is 10.8. The van der Waals surface area contributed by atoms with Crippen LogP contribution in [0.4, 0.5) is 11.4 Å². The van der Waals surface area contributed by atoms with Crippen molar-refractivity contribution >= 4 is 11.4 Å². The fraction of sp³-hybridized carbons (Fsp3) is 0.478. The highest BCUT2D eigenvalue weighted by molar-refractivity contribution is 5.50. The Hall–Kier alpha value is -2.00. The molecule has 2 aromatic carbocycles.